The van der Waals surface area contributed by atoms with E-state index >= 15 is 0 Å². The second-order valence-corrected chi connectivity index (χ2v) is 9.00. The summed E-state index contributed by atoms with van der Waals surface area (Å²) in [6.07, 6.45) is 1.57. The second-order valence-electron chi connectivity index (χ2n) is 7.14. The third-order valence-electron chi connectivity index (χ3n) is 5.03. The molecule has 33 heavy (non-hydrogen) atoms. The Hall–Kier alpha value is -3.57. The Labute approximate surface area is 196 Å². The van der Waals surface area contributed by atoms with Crippen LogP contribution in [-0.4, -0.2) is 37.9 Å². The Kier molecular flexibility index (Phi) is 5.88. The molecule has 0 saturated heterocycles. The Bertz CT molecular complexity index is 1490. The molecule has 1 aromatic carbocycles. The van der Waals surface area contributed by atoms with Gasteiger partial charge in [0.15, 0.2) is 5.16 Å². The van der Waals surface area contributed by atoms with E-state index in [-0.39, 0.29) is 23.8 Å². The van der Waals surface area contributed by atoms with Gasteiger partial charge in [0.05, 0.1) is 31.2 Å². The highest BCUT2D eigenvalue weighted by molar-refractivity contribution is 7.99. The lowest BCUT2D eigenvalue weighted by Gasteiger charge is -2.08. The predicted molar refractivity (Wildman–Crippen MR) is 126 cm³/mol. The fraction of sp³-hybridized carbons (Fsp3) is 0.182. The molecule has 4 heterocycles. The fourth-order valence-corrected chi connectivity index (χ4v) is 5.05. The van der Waals surface area contributed by atoms with E-state index in [4.69, 9.17) is 9.15 Å². The molecule has 5 rings (SSSR count). The van der Waals surface area contributed by atoms with Crippen molar-refractivity contribution in [1.82, 2.24) is 24.5 Å². The summed E-state index contributed by atoms with van der Waals surface area (Å²) in [6.45, 7) is 0.641. The molecule has 0 bridgehead atoms. The molecule has 0 spiro atoms. The minimum absolute atomic E-state index is 0.134. The number of thioether (sulfide) groups is 1. The summed E-state index contributed by atoms with van der Waals surface area (Å²) >= 11 is 2.63. The van der Waals surface area contributed by atoms with E-state index < -0.39 is 0 Å². The van der Waals surface area contributed by atoms with Crippen molar-refractivity contribution in [2.24, 2.45) is 0 Å². The average Bonchev–Trinajstić information content (AvgIpc) is 3.59. The topological polar surface area (TPSA) is 104 Å². The number of hydrogen-bond donors (Lipinski definition) is 1. The van der Waals surface area contributed by atoms with Crippen molar-refractivity contribution in [1.29, 1.82) is 0 Å². The zero-order valence-electron chi connectivity index (χ0n) is 17.6. The van der Waals surface area contributed by atoms with Crippen molar-refractivity contribution in [3.05, 3.63) is 75.8 Å². The molecule has 0 aliphatic carbocycles. The standard InChI is InChI=1S/C22H19N5O4S2/c1-30-15-5-2-4-14(10-15)11-23-18(28)13-33-22-25-24-21-26(12-16-6-3-8-31-16)20(29)19-17(27(21)22)7-9-32-19/h2-10H,11-13H2,1H3,(H,23,28). The minimum atomic E-state index is -0.149. The van der Waals surface area contributed by atoms with Crippen LogP contribution in [0.25, 0.3) is 16.0 Å². The van der Waals surface area contributed by atoms with Crippen molar-refractivity contribution < 1.29 is 13.9 Å². The van der Waals surface area contributed by atoms with Gasteiger partial charge >= 0.3 is 0 Å². The molecule has 5 aromatic rings. The Morgan fingerprint density at radius 2 is 2.15 bits per heavy atom. The van der Waals surface area contributed by atoms with Crippen LogP contribution in [0.3, 0.4) is 0 Å². The maximum absolute atomic E-state index is 13.0. The van der Waals surface area contributed by atoms with Gasteiger partial charge in [0.2, 0.25) is 11.7 Å². The lowest BCUT2D eigenvalue weighted by molar-refractivity contribution is -0.118. The minimum Gasteiger partial charge on any atom is -0.497 e. The van der Waals surface area contributed by atoms with Crippen LogP contribution in [0.5, 0.6) is 5.75 Å². The van der Waals surface area contributed by atoms with Gasteiger partial charge in [0.1, 0.15) is 16.2 Å². The normalized spacial score (nSPS) is 11.3. The number of aromatic nitrogens is 4. The van der Waals surface area contributed by atoms with E-state index in [1.54, 1.807) is 25.5 Å². The molecular weight excluding hydrogens is 462 g/mol. The largest absolute Gasteiger partial charge is 0.497 e. The van der Waals surface area contributed by atoms with E-state index in [9.17, 15) is 9.59 Å². The monoisotopic (exact) mass is 481 g/mol. The number of furan rings is 1. The first-order valence-corrected chi connectivity index (χ1v) is 11.9. The SMILES string of the molecule is COc1cccc(CNC(=O)CSc2nnc3n(Cc4ccco4)c(=O)c4sccc4n23)c1. The Morgan fingerprint density at radius 3 is 2.97 bits per heavy atom. The number of nitrogens with zero attached hydrogens (tertiary/aromatic N) is 4. The summed E-state index contributed by atoms with van der Waals surface area (Å²) in [5.74, 6) is 1.82. The van der Waals surface area contributed by atoms with Gasteiger partial charge in [-0.1, -0.05) is 23.9 Å². The molecule has 0 atom stereocenters. The first-order valence-electron chi connectivity index (χ1n) is 10.0. The zero-order chi connectivity index (χ0) is 22.8. The predicted octanol–water partition coefficient (Wildman–Crippen LogP) is 3.16. The molecule has 1 N–H and O–H groups in total. The van der Waals surface area contributed by atoms with E-state index in [0.29, 0.717) is 27.9 Å². The molecule has 9 nitrogen and oxygen atoms in total. The molecule has 0 aliphatic heterocycles. The average molecular weight is 482 g/mol. The highest BCUT2D eigenvalue weighted by Gasteiger charge is 2.19. The first-order chi connectivity index (χ1) is 16.1. The third kappa shape index (κ3) is 4.24. The van der Waals surface area contributed by atoms with Crippen LogP contribution in [0.2, 0.25) is 0 Å². The van der Waals surface area contributed by atoms with Crippen LogP contribution in [-0.2, 0) is 17.9 Å². The van der Waals surface area contributed by atoms with Crippen molar-refractivity contribution in [3.8, 4) is 5.75 Å². The van der Waals surface area contributed by atoms with E-state index in [1.807, 2.05) is 40.1 Å². The number of carbonyl (C=O) groups excluding carboxylic acids is 1. The highest BCUT2D eigenvalue weighted by atomic mass is 32.2. The number of methoxy groups -OCH3 is 1. The smallest absolute Gasteiger partial charge is 0.273 e. The number of carbonyl (C=O) groups is 1. The highest BCUT2D eigenvalue weighted by Crippen LogP contribution is 2.24. The quantitative estimate of drug-likeness (QED) is 0.340. The second kappa shape index (κ2) is 9.12. The van der Waals surface area contributed by atoms with Crippen LogP contribution < -0.4 is 15.6 Å². The number of ether oxygens (including phenoxy) is 1. The van der Waals surface area contributed by atoms with Gasteiger partial charge in [-0.05, 0) is 41.3 Å². The number of amides is 1. The van der Waals surface area contributed by atoms with Gasteiger partial charge in [0.25, 0.3) is 5.56 Å². The molecule has 4 aromatic heterocycles. The van der Waals surface area contributed by atoms with E-state index in [2.05, 4.69) is 15.5 Å². The fourth-order valence-electron chi connectivity index (χ4n) is 3.46. The summed E-state index contributed by atoms with van der Waals surface area (Å²) in [5.41, 5.74) is 1.52. The zero-order valence-corrected chi connectivity index (χ0v) is 19.2. The molecule has 0 saturated carbocycles. The van der Waals surface area contributed by atoms with Gasteiger partial charge in [-0.15, -0.1) is 21.5 Å². The molecule has 0 unspecified atom stereocenters. The molecular formula is C22H19N5O4S2. The lowest BCUT2D eigenvalue weighted by Crippen LogP contribution is -2.25. The van der Waals surface area contributed by atoms with Gasteiger partial charge in [-0.25, -0.2) is 0 Å². The summed E-state index contributed by atoms with van der Waals surface area (Å²) in [7, 11) is 1.61. The molecule has 0 fully saturated rings. The number of hydrogen-bond acceptors (Lipinski definition) is 8. The molecule has 0 aliphatic rings. The number of benzene rings is 1. The van der Waals surface area contributed by atoms with Crippen molar-refractivity contribution in [2.75, 3.05) is 12.9 Å². The summed E-state index contributed by atoms with van der Waals surface area (Å²) < 4.78 is 14.6. The van der Waals surface area contributed by atoms with E-state index in [0.717, 1.165) is 16.8 Å². The van der Waals surface area contributed by atoms with Gasteiger partial charge < -0.3 is 14.5 Å². The van der Waals surface area contributed by atoms with Gasteiger partial charge in [-0.2, -0.15) is 0 Å². The maximum atomic E-state index is 13.0. The van der Waals surface area contributed by atoms with E-state index in [1.165, 1.54) is 27.7 Å². The van der Waals surface area contributed by atoms with Crippen molar-refractivity contribution >= 4 is 45.0 Å². The van der Waals surface area contributed by atoms with Crippen LogP contribution in [0.1, 0.15) is 11.3 Å². The molecule has 1 amide bonds. The van der Waals surface area contributed by atoms with Crippen molar-refractivity contribution in [3.63, 3.8) is 0 Å². The first kappa shape index (κ1) is 21.3. The molecule has 11 heteroatoms. The number of rotatable bonds is 8. The summed E-state index contributed by atoms with van der Waals surface area (Å²) in [5, 5.41) is 13.8. The lowest BCUT2D eigenvalue weighted by atomic mass is 10.2. The molecule has 168 valence electrons. The number of nitrogens with one attached hydrogen (secondary N) is 1. The third-order valence-corrected chi connectivity index (χ3v) is 6.85. The van der Waals surface area contributed by atoms with Crippen LogP contribution >= 0.6 is 23.1 Å². The van der Waals surface area contributed by atoms with Gasteiger partial charge in [-0.3, -0.25) is 18.6 Å². The van der Waals surface area contributed by atoms with Crippen LogP contribution in [0, 0.1) is 0 Å². The Balaban J connectivity index is 1.37. The summed E-state index contributed by atoms with van der Waals surface area (Å²) in [4.78, 5) is 25.5. The van der Waals surface area contributed by atoms with Crippen molar-refractivity contribution in [2.45, 2.75) is 18.2 Å². The molecule has 0 radical (unpaired) electrons. The number of thiophene rings is 1. The summed E-state index contributed by atoms with van der Waals surface area (Å²) in [6, 6.07) is 13.0. The van der Waals surface area contributed by atoms with Crippen LogP contribution in [0.4, 0.5) is 0 Å². The van der Waals surface area contributed by atoms with Crippen LogP contribution in [0.15, 0.2) is 68.5 Å². The number of fused-ring (bicyclic) bond motifs is 3. The Morgan fingerprint density at radius 1 is 1.24 bits per heavy atom. The maximum Gasteiger partial charge on any atom is 0.273 e. The van der Waals surface area contributed by atoms with Gasteiger partial charge in [0, 0.05) is 6.54 Å².